The Morgan fingerprint density at radius 3 is 2.25 bits per heavy atom. The van der Waals surface area contributed by atoms with Gasteiger partial charge in [0.15, 0.2) is 0 Å². The first-order chi connectivity index (χ1) is 13.3. The molecule has 1 aromatic carbocycles. The van der Waals surface area contributed by atoms with E-state index in [1.807, 2.05) is 0 Å². The van der Waals surface area contributed by atoms with Crippen LogP contribution in [0.2, 0.25) is 0 Å². The molecule has 2 rings (SSSR count). The van der Waals surface area contributed by atoms with Crippen molar-refractivity contribution in [2.75, 3.05) is 0 Å². The minimum absolute atomic E-state index is 0.0560. The lowest BCUT2D eigenvalue weighted by Gasteiger charge is -2.29. The Morgan fingerprint density at radius 2 is 1.75 bits per heavy atom. The molecule has 28 heavy (non-hydrogen) atoms. The van der Waals surface area contributed by atoms with Gasteiger partial charge in [-0.15, -0.1) is 0 Å². The van der Waals surface area contributed by atoms with Crippen LogP contribution < -0.4 is 16.4 Å². The number of amidine groups is 1. The molecule has 152 valence electrons. The number of carboxylic acids is 1. The van der Waals surface area contributed by atoms with Crippen molar-refractivity contribution >= 4 is 23.6 Å². The van der Waals surface area contributed by atoms with Crippen molar-refractivity contribution in [1.82, 2.24) is 10.6 Å². The quantitative estimate of drug-likeness (QED) is 0.335. The van der Waals surface area contributed by atoms with Gasteiger partial charge in [0.1, 0.15) is 17.9 Å². The average molecular weight is 388 g/mol. The van der Waals surface area contributed by atoms with Crippen LogP contribution in [-0.2, 0) is 20.8 Å². The number of nitrogen functional groups attached to an aromatic ring is 1. The molecule has 0 heterocycles. The molecule has 0 spiro atoms. The molecule has 0 saturated heterocycles. The molecule has 1 saturated carbocycles. The third-order valence-corrected chi connectivity index (χ3v) is 5.08. The Labute approximate surface area is 164 Å². The van der Waals surface area contributed by atoms with Gasteiger partial charge in [0, 0.05) is 18.9 Å². The van der Waals surface area contributed by atoms with Gasteiger partial charge >= 0.3 is 5.97 Å². The van der Waals surface area contributed by atoms with E-state index in [4.69, 9.17) is 11.1 Å². The van der Waals surface area contributed by atoms with Crippen LogP contribution in [0.5, 0.6) is 0 Å². The van der Waals surface area contributed by atoms with E-state index in [1.165, 1.54) is 6.92 Å². The van der Waals surface area contributed by atoms with Crippen LogP contribution in [0.25, 0.3) is 0 Å². The predicted molar refractivity (Wildman–Crippen MR) is 105 cm³/mol. The first-order valence-electron chi connectivity index (χ1n) is 9.51. The summed E-state index contributed by atoms with van der Waals surface area (Å²) < 4.78 is 0. The van der Waals surface area contributed by atoms with Crippen LogP contribution in [0.3, 0.4) is 0 Å². The Balaban J connectivity index is 2.11. The average Bonchev–Trinajstić information content (AvgIpc) is 2.66. The van der Waals surface area contributed by atoms with E-state index in [0.717, 1.165) is 37.7 Å². The number of hydrogen-bond donors (Lipinski definition) is 5. The van der Waals surface area contributed by atoms with Crippen molar-refractivity contribution in [3.8, 4) is 0 Å². The second-order valence-corrected chi connectivity index (χ2v) is 7.29. The van der Waals surface area contributed by atoms with Crippen LogP contribution in [0.1, 0.15) is 50.2 Å². The highest BCUT2D eigenvalue weighted by atomic mass is 16.4. The van der Waals surface area contributed by atoms with Crippen LogP contribution >= 0.6 is 0 Å². The van der Waals surface area contributed by atoms with Crippen molar-refractivity contribution in [3.63, 3.8) is 0 Å². The van der Waals surface area contributed by atoms with Crippen LogP contribution in [0.4, 0.5) is 0 Å². The van der Waals surface area contributed by atoms with Gasteiger partial charge < -0.3 is 21.5 Å². The summed E-state index contributed by atoms with van der Waals surface area (Å²) in [7, 11) is 0. The normalized spacial score (nSPS) is 16.6. The van der Waals surface area contributed by atoms with E-state index < -0.39 is 24.0 Å². The van der Waals surface area contributed by atoms with E-state index in [1.54, 1.807) is 24.3 Å². The largest absolute Gasteiger partial charge is 0.480 e. The Bertz CT molecular complexity index is 726. The molecule has 8 heteroatoms. The third kappa shape index (κ3) is 6.07. The highest BCUT2D eigenvalue weighted by molar-refractivity contribution is 5.95. The van der Waals surface area contributed by atoms with Gasteiger partial charge in [0.25, 0.3) is 0 Å². The highest BCUT2D eigenvalue weighted by Gasteiger charge is 2.33. The van der Waals surface area contributed by atoms with E-state index in [0.29, 0.717) is 5.56 Å². The van der Waals surface area contributed by atoms with Gasteiger partial charge in [-0.25, -0.2) is 4.79 Å². The van der Waals surface area contributed by atoms with Gasteiger partial charge in [-0.3, -0.25) is 15.0 Å². The molecular formula is C20H28N4O4. The monoisotopic (exact) mass is 388 g/mol. The Kier molecular flexibility index (Phi) is 7.54. The zero-order valence-electron chi connectivity index (χ0n) is 16.0. The summed E-state index contributed by atoms with van der Waals surface area (Å²) in [5.74, 6) is -2.08. The maximum atomic E-state index is 12.8. The van der Waals surface area contributed by atoms with E-state index in [9.17, 15) is 19.5 Å². The standard InChI is InChI=1S/C20H28N4O4/c1-12(25)23-16(11-13-7-9-15(10-8-13)18(21)22)19(26)24-17(20(27)28)14-5-3-2-4-6-14/h7-10,14,16-17H,2-6,11H2,1H3,(H3,21,22)(H,23,25)(H,24,26)(H,27,28)/t16-,17?/m0/s1. The molecule has 2 amide bonds. The number of nitrogens with two attached hydrogens (primary N) is 1. The smallest absolute Gasteiger partial charge is 0.326 e. The molecule has 1 aliphatic rings. The molecule has 0 aliphatic heterocycles. The number of hydrogen-bond acceptors (Lipinski definition) is 4. The lowest BCUT2D eigenvalue weighted by atomic mass is 9.83. The van der Waals surface area contributed by atoms with Gasteiger partial charge in [-0.1, -0.05) is 43.5 Å². The molecule has 1 aromatic rings. The minimum Gasteiger partial charge on any atom is -0.480 e. The molecule has 1 unspecified atom stereocenters. The molecule has 1 aliphatic carbocycles. The topological polar surface area (TPSA) is 145 Å². The first kappa shape index (κ1) is 21.4. The van der Waals surface area contributed by atoms with Crippen molar-refractivity contribution in [3.05, 3.63) is 35.4 Å². The predicted octanol–water partition coefficient (Wildman–Crippen LogP) is 1.17. The van der Waals surface area contributed by atoms with E-state index in [-0.39, 0.29) is 24.1 Å². The second kappa shape index (κ2) is 9.87. The first-order valence-corrected chi connectivity index (χ1v) is 9.51. The third-order valence-electron chi connectivity index (χ3n) is 5.08. The fraction of sp³-hybridized carbons (Fsp3) is 0.500. The summed E-state index contributed by atoms with van der Waals surface area (Å²) in [4.78, 5) is 36.0. The molecule has 0 bridgehead atoms. The number of amides is 2. The van der Waals surface area contributed by atoms with Crippen molar-refractivity contribution in [1.29, 1.82) is 5.41 Å². The van der Waals surface area contributed by atoms with Gasteiger partial charge in [0.2, 0.25) is 11.8 Å². The van der Waals surface area contributed by atoms with E-state index >= 15 is 0 Å². The van der Waals surface area contributed by atoms with Crippen molar-refractivity contribution in [2.45, 2.75) is 57.5 Å². The summed E-state index contributed by atoms with van der Waals surface area (Å²) in [5, 5.41) is 22.2. The summed E-state index contributed by atoms with van der Waals surface area (Å²) in [6.45, 7) is 1.31. The fourth-order valence-corrected chi connectivity index (χ4v) is 3.61. The van der Waals surface area contributed by atoms with Crippen molar-refractivity contribution < 1.29 is 19.5 Å². The molecule has 0 aromatic heterocycles. The summed E-state index contributed by atoms with van der Waals surface area (Å²) >= 11 is 0. The maximum absolute atomic E-state index is 12.8. The fourth-order valence-electron chi connectivity index (χ4n) is 3.61. The number of carboxylic acid groups (broad SMARTS) is 1. The van der Waals surface area contributed by atoms with Gasteiger partial charge in [-0.05, 0) is 24.3 Å². The summed E-state index contributed by atoms with van der Waals surface area (Å²) in [5.41, 5.74) is 6.77. The molecule has 2 atom stereocenters. The molecular weight excluding hydrogens is 360 g/mol. The number of benzene rings is 1. The number of aliphatic carboxylic acids is 1. The number of nitrogens with one attached hydrogen (secondary N) is 3. The highest BCUT2D eigenvalue weighted by Crippen LogP contribution is 2.26. The summed E-state index contributed by atoms with van der Waals surface area (Å²) in [6.07, 6.45) is 4.76. The zero-order valence-corrected chi connectivity index (χ0v) is 16.0. The SMILES string of the molecule is CC(=O)N[C@@H](Cc1ccc(C(=N)N)cc1)C(=O)NC(C(=O)O)C1CCCCC1. The Hall–Kier alpha value is -2.90. The van der Waals surface area contributed by atoms with E-state index in [2.05, 4.69) is 10.6 Å². The van der Waals surface area contributed by atoms with Crippen molar-refractivity contribution in [2.24, 2.45) is 11.7 Å². The van der Waals surface area contributed by atoms with Crippen LogP contribution in [-0.4, -0.2) is 40.8 Å². The molecule has 8 nitrogen and oxygen atoms in total. The Morgan fingerprint density at radius 1 is 1.14 bits per heavy atom. The molecule has 0 radical (unpaired) electrons. The molecule has 1 fully saturated rings. The number of carbonyl (C=O) groups excluding carboxylic acids is 2. The second-order valence-electron chi connectivity index (χ2n) is 7.29. The lowest BCUT2D eigenvalue weighted by Crippen LogP contribution is -2.54. The van der Waals surface area contributed by atoms with Crippen LogP contribution in [0.15, 0.2) is 24.3 Å². The van der Waals surface area contributed by atoms with Gasteiger partial charge in [0.05, 0.1) is 0 Å². The molecule has 6 N–H and O–H groups in total. The van der Waals surface area contributed by atoms with Crippen LogP contribution in [0, 0.1) is 11.3 Å². The lowest BCUT2D eigenvalue weighted by molar-refractivity contribution is -0.144. The maximum Gasteiger partial charge on any atom is 0.326 e. The minimum atomic E-state index is -1.05. The number of rotatable bonds is 8. The number of carbonyl (C=O) groups is 3. The van der Waals surface area contributed by atoms with Gasteiger partial charge in [-0.2, -0.15) is 0 Å². The zero-order chi connectivity index (χ0) is 20.7. The summed E-state index contributed by atoms with van der Waals surface area (Å²) in [6, 6.07) is 4.96.